The number of aromatic nitrogens is 1. The lowest BCUT2D eigenvalue weighted by Gasteiger charge is -2.27. The number of carbonyl (C=O) groups is 1. The number of amides is 1. The summed E-state index contributed by atoms with van der Waals surface area (Å²) >= 11 is 0. The van der Waals surface area contributed by atoms with Crippen molar-refractivity contribution >= 4 is 33.4 Å². The van der Waals surface area contributed by atoms with Crippen molar-refractivity contribution in [3.05, 3.63) is 81.8 Å². The molecular formula is C25H22N2O4. The molecule has 3 heterocycles. The minimum Gasteiger partial charge on any atom is -0.497 e. The van der Waals surface area contributed by atoms with E-state index >= 15 is 0 Å². The summed E-state index contributed by atoms with van der Waals surface area (Å²) in [5.74, 6) is 0.397. The van der Waals surface area contributed by atoms with Crippen LogP contribution in [0.25, 0.3) is 27.4 Å². The Bertz CT molecular complexity index is 1410. The summed E-state index contributed by atoms with van der Waals surface area (Å²) in [6.07, 6.45) is 4.90. The van der Waals surface area contributed by atoms with E-state index in [0.717, 1.165) is 11.9 Å². The molecule has 0 saturated carbocycles. The Morgan fingerprint density at radius 2 is 2.06 bits per heavy atom. The second-order valence-electron chi connectivity index (χ2n) is 7.77. The van der Waals surface area contributed by atoms with Gasteiger partial charge in [-0.1, -0.05) is 18.2 Å². The summed E-state index contributed by atoms with van der Waals surface area (Å²) in [6, 6.07) is 12.6. The molecule has 0 fully saturated rings. The number of hydrogen-bond donors (Lipinski definition) is 1. The molecule has 5 rings (SSSR count). The van der Waals surface area contributed by atoms with E-state index < -0.39 is 5.63 Å². The number of ether oxygens (including phenoxy) is 1. The third kappa shape index (κ3) is 3.30. The van der Waals surface area contributed by atoms with Crippen LogP contribution in [-0.2, 0) is 0 Å². The molecule has 0 saturated heterocycles. The molecule has 0 atom stereocenters. The maximum Gasteiger partial charge on any atom is 0.337 e. The fraction of sp³-hybridized carbons (Fsp3) is 0.200. The number of nitrogens with one attached hydrogen (secondary N) is 1. The first-order valence-corrected chi connectivity index (χ1v) is 10.2. The predicted octanol–water partition coefficient (Wildman–Crippen LogP) is 4.52. The summed E-state index contributed by atoms with van der Waals surface area (Å²) in [4.78, 5) is 30.4. The van der Waals surface area contributed by atoms with Gasteiger partial charge in [-0.15, -0.1) is 0 Å². The van der Waals surface area contributed by atoms with Crippen LogP contribution in [0.4, 0.5) is 0 Å². The molecule has 0 bridgehead atoms. The molecule has 6 heteroatoms. The molecule has 156 valence electrons. The average Bonchev–Trinajstić information content (AvgIpc) is 3.23. The van der Waals surface area contributed by atoms with E-state index in [4.69, 9.17) is 9.15 Å². The Morgan fingerprint density at radius 3 is 2.84 bits per heavy atom. The quantitative estimate of drug-likeness (QED) is 0.500. The van der Waals surface area contributed by atoms with Crippen LogP contribution in [0.2, 0.25) is 0 Å². The van der Waals surface area contributed by atoms with Crippen molar-refractivity contribution in [1.82, 2.24) is 9.88 Å². The number of benzene rings is 2. The van der Waals surface area contributed by atoms with Crippen LogP contribution in [-0.4, -0.2) is 36.0 Å². The molecule has 1 aliphatic heterocycles. The standard InChI is InChI=1S/C25H22N2O4/c1-15-4-3-5-21-24(15)20(14-26-21)16-8-10-27(11-9-16)25(29)19-13-23(28)31-22-12-17(30-2)6-7-18(19)22/h3-8,12-14,26H,9-11H2,1-2H3. The summed E-state index contributed by atoms with van der Waals surface area (Å²) in [5.41, 5.74) is 4.92. The van der Waals surface area contributed by atoms with Crippen LogP contribution in [0.15, 0.2) is 63.9 Å². The van der Waals surface area contributed by atoms with Crippen LogP contribution in [0.1, 0.15) is 27.9 Å². The Balaban J connectivity index is 1.46. The number of rotatable bonds is 3. The second-order valence-corrected chi connectivity index (χ2v) is 7.77. The highest BCUT2D eigenvalue weighted by molar-refractivity contribution is 6.06. The third-order valence-corrected chi connectivity index (χ3v) is 5.94. The summed E-state index contributed by atoms with van der Waals surface area (Å²) in [6.45, 7) is 3.19. The van der Waals surface area contributed by atoms with E-state index in [1.807, 2.05) is 12.3 Å². The minimum atomic E-state index is -0.549. The lowest BCUT2D eigenvalue weighted by molar-refractivity contribution is 0.0774. The van der Waals surface area contributed by atoms with Crippen LogP contribution in [0, 0.1) is 6.92 Å². The Kier molecular flexibility index (Phi) is 4.62. The first kappa shape index (κ1) is 19.2. The number of nitrogens with zero attached hydrogens (tertiary/aromatic N) is 1. The van der Waals surface area contributed by atoms with E-state index in [1.165, 1.54) is 28.2 Å². The lowest BCUT2D eigenvalue weighted by Crippen LogP contribution is -2.35. The van der Waals surface area contributed by atoms with Crippen molar-refractivity contribution < 1.29 is 13.9 Å². The van der Waals surface area contributed by atoms with Gasteiger partial charge in [-0.25, -0.2) is 4.79 Å². The zero-order valence-corrected chi connectivity index (χ0v) is 17.4. The van der Waals surface area contributed by atoms with Crippen LogP contribution >= 0.6 is 0 Å². The number of H-pyrrole nitrogens is 1. The number of aryl methyl sites for hydroxylation is 1. The van der Waals surface area contributed by atoms with Crippen LogP contribution < -0.4 is 10.4 Å². The van der Waals surface area contributed by atoms with Gasteiger partial charge in [0.1, 0.15) is 11.3 Å². The largest absolute Gasteiger partial charge is 0.497 e. The van der Waals surface area contributed by atoms with Gasteiger partial charge in [0.2, 0.25) is 0 Å². The zero-order chi connectivity index (χ0) is 21.5. The van der Waals surface area contributed by atoms with Gasteiger partial charge in [0.05, 0.1) is 12.7 Å². The molecule has 0 radical (unpaired) electrons. The van der Waals surface area contributed by atoms with E-state index in [9.17, 15) is 9.59 Å². The molecule has 1 N–H and O–H groups in total. The molecule has 4 aromatic rings. The fourth-order valence-corrected chi connectivity index (χ4v) is 4.34. The number of fused-ring (bicyclic) bond motifs is 2. The van der Waals surface area contributed by atoms with Gasteiger partial charge in [-0.05, 0) is 42.7 Å². The summed E-state index contributed by atoms with van der Waals surface area (Å²) < 4.78 is 10.5. The normalized spacial score (nSPS) is 14.1. The Labute approximate surface area is 178 Å². The Morgan fingerprint density at radius 1 is 1.19 bits per heavy atom. The molecule has 0 spiro atoms. The molecule has 0 unspecified atom stereocenters. The molecule has 2 aromatic heterocycles. The molecule has 1 amide bonds. The molecule has 2 aromatic carbocycles. The lowest BCUT2D eigenvalue weighted by atomic mass is 9.96. The van der Waals surface area contributed by atoms with Gasteiger partial charge < -0.3 is 19.0 Å². The smallest absolute Gasteiger partial charge is 0.337 e. The second kappa shape index (κ2) is 7.47. The third-order valence-electron chi connectivity index (χ3n) is 5.94. The zero-order valence-electron chi connectivity index (χ0n) is 17.4. The first-order valence-electron chi connectivity index (χ1n) is 10.2. The number of carbonyl (C=O) groups excluding carboxylic acids is 1. The van der Waals surface area contributed by atoms with Gasteiger partial charge in [0.25, 0.3) is 5.91 Å². The van der Waals surface area contributed by atoms with Crippen molar-refractivity contribution in [1.29, 1.82) is 0 Å². The number of aromatic amines is 1. The van der Waals surface area contributed by atoms with Gasteiger partial charge in [-0.2, -0.15) is 0 Å². The van der Waals surface area contributed by atoms with E-state index in [1.54, 1.807) is 30.2 Å². The Hall–Kier alpha value is -3.80. The SMILES string of the molecule is COc1ccc2c(C(=O)N3CC=C(c4c[nH]c5cccc(C)c45)CC3)cc(=O)oc2c1. The molecule has 31 heavy (non-hydrogen) atoms. The van der Waals surface area contributed by atoms with Crippen LogP contribution in [0.3, 0.4) is 0 Å². The highest BCUT2D eigenvalue weighted by Gasteiger charge is 2.23. The maximum atomic E-state index is 13.3. The topological polar surface area (TPSA) is 75.5 Å². The fourth-order valence-electron chi connectivity index (χ4n) is 4.34. The molecule has 6 nitrogen and oxygen atoms in total. The van der Waals surface area contributed by atoms with Gasteiger partial charge in [0, 0.05) is 53.3 Å². The van der Waals surface area contributed by atoms with E-state index in [-0.39, 0.29) is 5.91 Å². The van der Waals surface area contributed by atoms with Crippen molar-refractivity contribution in [3.63, 3.8) is 0 Å². The van der Waals surface area contributed by atoms with Crippen molar-refractivity contribution in [2.24, 2.45) is 0 Å². The van der Waals surface area contributed by atoms with Crippen molar-refractivity contribution in [2.75, 3.05) is 20.2 Å². The van der Waals surface area contributed by atoms with E-state index in [2.05, 4.69) is 30.1 Å². The monoisotopic (exact) mass is 414 g/mol. The number of methoxy groups -OCH3 is 1. The van der Waals surface area contributed by atoms with Crippen molar-refractivity contribution in [3.8, 4) is 5.75 Å². The van der Waals surface area contributed by atoms with Gasteiger partial charge >= 0.3 is 5.63 Å². The maximum absolute atomic E-state index is 13.3. The number of hydrogen-bond acceptors (Lipinski definition) is 4. The average molecular weight is 414 g/mol. The molecule has 1 aliphatic rings. The van der Waals surface area contributed by atoms with Crippen molar-refractivity contribution in [2.45, 2.75) is 13.3 Å². The highest BCUT2D eigenvalue weighted by atomic mass is 16.5. The molecular weight excluding hydrogens is 392 g/mol. The first-order chi connectivity index (χ1) is 15.0. The minimum absolute atomic E-state index is 0.173. The highest BCUT2D eigenvalue weighted by Crippen LogP contribution is 2.32. The predicted molar refractivity (Wildman–Crippen MR) is 121 cm³/mol. The van der Waals surface area contributed by atoms with E-state index in [0.29, 0.717) is 35.4 Å². The summed E-state index contributed by atoms with van der Waals surface area (Å²) in [5, 5.41) is 1.83. The summed E-state index contributed by atoms with van der Waals surface area (Å²) in [7, 11) is 1.54. The van der Waals surface area contributed by atoms with Crippen LogP contribution in [0.5, 0.6) is 5.75 Å². The molecule has 0 aliphatic carbocycles. The van der Waals surface area contributed by atoms with Gasteiger partial charge in [-0.3, -0.25) is 4.79 Å². The van der Waals surface area contributed by atoms with Gasteiger partial charge in [0.15, 0.2) is 0 Å².